The van der Waals surface area contributed by atoms with Gasteiger partial charge in [-0.15, -0.1) is 0 Å². The molecule has 1 N–H and O–H groups in total. The maximum Gasteiger partial charge on any atom is 0.338 e. The second-order valence-corrected chi connectivity index (χ2v) is 5.88. The van der Waals surface area contributed by atoms with E-state index in [0.29, 0.717) is 23.4 Å². The number of halogens is 1. The van der Waals surface area contributed by atoms with Crippen molar-refractivity contribution in [1.82, 2.24) is 0 Å². The minimum Gasteiger partial charge on any atom is -0.462 e. The minimum atomic E-state index is -0.826. The standard InChI is InChI=1S/C19H20FNO3/c1-4-24-17(22)13-5-11-16(12-6-13)21-18(23)19(2,3)14-7-9-15(20)10-8-14/h5-12H,4H2,1-3H3,(H,21,23). The van der Waals surface area contributed by atoms with Gasteiger partial charge in [0.15, 0.2) is 0 Å². The van der Waals surface area contributed by atoms with Crippen molar-refractivity contribution in [1.29, 1.82) is 0 Å². The van der Waals surface area contributed by atoms with Crippen LogP contribution in [-0.4, -0.2) is 18.5 Å². The highest BCUT2D eigenvalue weighted by atomic mass is 19.1. The first-order valence-electron chi connectivity index (χ1n) is 7.69. The molecule has 4 nitrogen and oxygen atoms in total. The Hall–Kier alpha value is -2.69. The zero-order valence-corrected chi connectivity index (χ0v) is 13.9. The lowest BCUT2D eigenvalue weighted by Crippen LogP contribution is -2.34. The van der Waals surface area contributed by atoms with Crippen LogP contribution in [0.2, 0.25) is 0 Å². The smallest absolute Gasteiger partial charge is 0.338 e. The maximum absolute atomic E-state index is 13.0. The van der Waals surface area contributed by atoms with E-state index in [9.17, 15) is 14.0 Å². The number of benzene rings is 2. The maximum atomic E-state index is 13.0. The van der Waals surface area contributed by atoms with E-state index in [-0.39, 0.29) is 11.7 Å². The van der Waals surface area contributed by atoms with E-state index in [4.69, 9.17) is 4.74 Å². The zero-order chi connectivity index (χ0) is 17.7. The molecule has 0 heterocycles. The summed E-state index contributed by atoms with van der Waals surface area (Å²) in [5, 5.41) is 2.81. The summed E-state index contributed by atoms with van der Waals surface area (Å²) in [6.45, 7) is 5.58. The van der Waals surface area contributed by atoms with E-state index in [1.54, 1.807) is 57.2 Å². The van der Waals surface area contributed by atoms with Crippen LogP contribution < -0.4 is 5.32 Å². The Bertz CT molecular complexity index is 721. The average molecular weight is 329 g/mol. The van der Waals surface area contributed by atoms with Gasteiger partial charge < -0.3 is 10.1 Å². The van der Waals surface area contributed by atoms with Crippen LogP contribution in [0.5, 0.6) is 0 Å². The van der Waals surface area contributed by atoms with Crippen molar-refractivity contribution in [2.75, 3.05) is 11.9 Å². The molecule has 0 aromatic heterocycles. The fraction of sp³-hybridized carbons (Fsp3) is 0.263. The van der Waals surface area contributed by atoms with Gasteiger partial charge >= 0.3 is 5.97 Å². The molecule has 24 heavy (non-hydrogen) atoms. The van der Waals surface area contributed by atoms with Gasteiger partial charge in [-0.05, 0) is 62.7 Å². The first kappa shape index (κ1) is 17.7. The number of carbonyl (C=O) groups is 2. The molecule has 0 aliphatic carbocycles. The molecule has 1 amide bonds. The second-order valence-electron chi connectivity index (χ2n) is 5.88. The van der Waals surface area contributed by atoms with Crippen molar-refractivity contribution in [3.05, 3.63) is 65.5 Å². The Kier molecular flexibility index (Phi) is 5.34. The van der Waals surface area contributed by atoms with Gasteiger partial charge in [-0.2, -0.15) is 0 Å². The third kappa shape index (κ3) is 3.98. The fourth-order valence-electron chi connectivity index (χ4n) is 2.19. The van der Waals surface area contributed by atoms with E-state index in [1.807, 2.05) is 0 Å². The molecule has 0 atom stereocenters. The summed E-state index contributed by atoms with van der Waals surface area (Å²) in [5.74, 6) is -0.968. The summed E-state index contributed by atoms with van der Waals surface area (Å²) in [6.07, 6.45) is 0. The molecule has 2 aromatic rings. The molecule has 0 bridgehead atoms. The quantitative estimate of drug-likeness (QED) is 0.846. The Morgan fingerprint density at radius 2 is 1.62 bits per heavy atom. The molecule has 2 aromatic carbocycles. The third-order valence-corrected chi connectivity index (χ3v) is 3.79. The number of hydrogen-bond donors (Lipinski definition) is 1. The van der Waals surface area contributed by atoms with Crippen LogP contribution in [0.1, 0.15) is 36.7 Å². The number of carbonyl (C=O) groups excluding carboxylic acids is 2. The van der Waals surface area contributed by atoms with Crippen LogP contribution in [0.25, 0.3) is 0 Å². The molecule has 0 radical (unpaired) electrons. The fourth-order valence-corrected chi connectivity index (χ4v) is 2.19. The summed E-state index contributed by atoms with van der Waals surface area (Å²) in [6, 6.07) is 12.3. The Labute approximate surface area is 140 Å². The Morgan fingerprint density at radius 3 is 2.17 bits per heavy atom. The normalized spacial score (nSPS) is 11.0. The highest BCUT2D eigenvalue weighted by Crippen LogP contribution is 2.25. The van der Waals surface area contributed by atoms with Gasteiger partial charge in [0.2, 0.25) is 5.91 Å². The van der Waals surface area contributed by atoms with Crippen molar-refractivity contribution in [3.8, 4) is 0 Å². The van der Waals surface area contributed by atoms with Gasteiger partial charge in [-0.3, -0.25) is 4.79 Å². The Morgan fingerprint density at radius 1 is 1.04 bits per heavy atom. The monoisotopic (exact) mass is 329 g/mol. The van der Waals surface area contributed by atoms with Crippen LogP contribution >= 0.6 is 0 Å². The summed E-state index contributed by atoms with van der Waals surface area (Å²) in [5.41, 5.74) is 0.883. The van der Waals surface area contributed by atoms with Gasteiger partial charge in [-0.25, -0.2) is 9.18 Å². The number of rotatable bonds is 5. The summed E-state index contributed by atoms with van der Waals surface area (Å²) < 4.78 is 18.0. The van der Waals surface area contributed by atoms with Crippen LogP contribution in [0.15, 0.2) is 48.5 Å². The molecular weight excluding hydrogens is 309 g/mol. The second kappa shape index (κ2) is 7.25. The highest BCUT2D eigenvalue weighted by Gasteiger charge is 2.29. The molecule has 0 aliphatic heterocycles. The van der Waals surface area contributed by atoms with E-state index in [1.165, 1.54) is 12.1 Å². The lowest BCUT2D eigenvalue weighted by atomic mass is 9.83. The summed E-state index contributed by atoms with van der Waals surface area (Å²) in [4.78, 5) is 24.2. The van der Waals surface area contributed by atoms with Gasteiger partial charge in [0.05, 0.1) is 17.6 Å². The van der Waals surface area contributed by atoms with Gasteiger partial charge in [-0.1, -0.05) is 12.1 Å². The van der Waals surface area contributed by atoms with Crippen LogP contribution in [0.3, 0.4) is 0 Å². The number of hydrogen-bond acceptors (Lipinski definition) is 3. The molecule has 0 spiro atoms. The van der Waals surface area contributed by atoms with Gasteiger partial charge in [0, 0.05) is 5.69 Å². The number of ether oxygens (including phenoxy) is 1. The summed E-state index contributed by atoms with van der Waals surface area (Å²) >= 11 is 0. The molecular formula is C19H20FNO3. The van der Waals surface area contributed by atoms with E-state index < -0.39 is 11.4 Å². The predicted molar refractivity (Wildman–Crippen MR) is 90.5 cm³/mol. The molecule has 2 rings (SSSR count). The first-order valence-corrected chi connectivity index (χ1v) is 7.69. The van der Waals surface area contributed by atoms with Crippen molar-refractivity contribution in [3.63, 3.8) is 0 Å². The van der Waals surface area contributed by atoms with Crippen LogP contribution in [-0.2, 0) is 14.9 Å². The number of amides is 1. The first-order chi connectivity index (χ1) is 11.3. The molecule has 0 saturated carbocycles. The Balaban J connectivity index is 2.11. The lowest BCUT2D eigenvalue weighted by molar-refractivity contribution is -0.120. The largest absolute Gasteiger partial charge is 0.462 e. The number of esters is 1. The van der Waals surface area contributed by atoms with E-state index >= 15 is 0 Å². The summed E-state index contributed by atoms with van der Waals surface area (Å²) in [7, 11) is 0. The topological polar surface area (TPSA) is 55.4 Å². The molecule has 0 unspecified atom stereocenters. The molecule has 0 saturated heterocycles. The van der Waals surface area contributed by atoms with Crippen molar-refractivity contribution < 1.29 is 18.7 Å². The molecule has 0 aliphatic rings. The lowest BCUT2D eigenvalue weighted by Gasteiger charge is -2.24. The molecule has 5 heteroatoms. The third-order valence-electron chi connectivity index (χ3n) is 3.79. The number of nitrogens with one attached hydrogen (secondary N) is 1. The van der Waals surface area contributed by atoms with Gasteiger partial charge in [0.25, 0.3) is 0 Å². The van der Waals surface area contributed by atoms with Crippen LogP contribution in [0.4, 0.5) is 10.1 Å². The molecule has 0 fully saturated rings. The predicted octanol–water partition coefficient (Wildman–Crippen LogP) is 3.92. The van der Waals surface area contributed by atoms with Crippen molar-refractivity contribution in [2.45, 2.75) is 26.2 Å². The molecule has 126 valence electrons. The average Bonchev–Trinajstić information content (AvgIpc) is 2.56. The minimum absolute atomic E-state index is 0.224. The van der Waals surface area contributed by atoms with Crippen molar-refractivity contribution in [2.24, 2.45) is 0 Å². The highest BCUT2D eigenvalue weighted by molar-refractivity contribution is 5.99. The zero-order valence-electron chi connectivity index (χ0n) is 13.9. The van der Waals surface area contributed by atoms with Crippen LogP contribution in [0, 0.1) is 5.82 Å². The van der Waals surface area contributed by atoms with Crippen molar-refractivity contribution >= 4 is 17.6 Å². The SMILES string of the molecule is CCOC(=O)c1ccc(NC(=O)C(C)(C)c2ccc(F)cc2)cc1. The van der Waals surface area contributed by atoms with E-state index in [2.05, 4.69) is 5.32 Å². The number of anilines is 1. The van der Waals surface area contributed by atoms with Gasteiger partial charge in [0.1, 0.15) is 5.82 Å². The van der Waals surface area contributed by atoms with E-state index in [0.717, 1.165) is 0 Å².